The molecule has 1 aromatic heterocycles. The van der Waals surface area contributed by atoms with E-state index in [1.807, 2.05) is 54.6 Å². The van der Waals surface area contributed by atoms with Crippen LogP contribution in [0.1, 0.15) is 12.2 Å². The van der Waals surface area contributed by atoms with Gasteiger partial charge >= 0.3 is 0 Å². The third kappa shape index (κ3) is 5.08. The summed E-state index contributed by atoms with van der Waals surface area (Å²) < 4.78 is 8.13. The zero-order valence-electron chi connectivity index (χ0n) is 15.7. The number of aromatic nitrogens is 2. The van der Waals surface area contributed by atoms with Crippen LogP contribution in [0.3, 0.4) is 0 Å². The van der Waals surface area contributed by atoms with Gasteiger partial charge in [-0.05, 0) is 55.0 Å². The fourth-order valence-corrected chi connectivity index (χ4v) is 4.29. The number of imidazole rings is 1. The molecule has 0 amide bonds. The Balaban J connectivity index is 1.44. The van der Waals surface area contributed by atoms with Crippen molar-refractivity contribution in [2.45, 2.75) is 23.6 Å². The van der Waals surface area contributed by atoms with E-state index < -0.39 is 0 Å². The Morgan fingerprint density at radius 1 is 0.897 bits per heavy atom. The van der Waals surface area contributed by atoms with Crippen molar-refractivity contribution in [1.82, 2.24) is 9.55 Å². The highest BCUT2D eigenvalue weighted by Gasteiger charge is 2.11. The highest BCUT2D eigenvalue weighted by molar-refractivity contribution is 7.98. The predicted molar refractivity (Wildman–Crippen MR) is 122 cm³/mol. The Bertz CT molecular complexity index is 1100. The van der Waals surface area contributed by atoms with Gasteiger partial charge in [-0.15, -0.1) is 11.8 Å². The summed E-state index contributed by atoms with van der Waals surface area (Å²) in [5, 5.41) is 1.39. The summed E-state index contributed by atoms with van der Waals surface area (Å²) in [6, 6.07) is 23.7. The normalized spacial score (nSPS) is 11.1. The van der Waals surface area contributed by atoms with Gasteiger partial charge in [-0.1, -0.05) is 47.5 Å². The van der Waals surface area contributed by atoms with Crippen LogP contribution < -0.4 is 4.74 Å². The number of para-hydroxylation sites is 3. The first-order chi connectivity index (χ1) is 14.2. The second-order valence-corrected chi connectivity index (χ2v) is 8.44. The smallest absolute Gasteiger partial charge is 0.137 e. The van der Waals surface area contributed by atoms with Crippen molar-refractivity contribution < 1.29 is 4.74 Å². The second kappa shape index (κ2) is 9.57. The topological polar surface area (TPSA) is 27.1 Å². The maximum absolute atomic E-state index is 6.16. The third-order valence-corrected chi connectivity index (χ3v) is 6.11. The number of aryl methyl sites for hydroxylation is 1. The van der Waals surface area contributed by atoms with E-state index in [9.17, 15) is 0 Å². The number of hydrogen-bond acceptors (Lipinski definition) is 3. The van der Waals surface area contributed by atoms with E-state index in [2.05, 4.69) is 22.8 Å². The minimum absolute atomic E-state index is 0.597. The van der Waals surface area contributed by atoms with E-state index in [0.717, 1.165) is 46.3 Å². The minimum atomic E-state index is 0.597. The van der Waals surface area contributed by atoms with Gasteiger partial charge in [-0.2, -0.15) is 0 Å². The average molecular weight is 443 g/mol. The molecule has 29 heavy (non-hydrogen) atoms. The molecule has 0 unspecified atom stereocenters. The van der Waals surface area contributed by atoms with Crippen molar-refractivity contribution in [1.29, 1.82) is 0 Å². The molecule has 4 aromatic rings. The van der Waals surface area contributed by atoms with Crippen LogP contribution in [0.4, 0.5) is 0 Å². The van der Waals surface area contributed by atoms with Crippen molar-refractivity contribution in [3.05, 3.63) is 88.7 Å². The minimum Gasteiger partial charge on any atom is -0.492 e. The van der Waals surface area contributed by atoms with Gasteiger partial charge in [-0.25, -0.2) is 4.98 Å². The highest BCUT2D eigenvalue weighted by atomic mass is 35.5. The number of thioether (sulfide) groups is 1. The molecule has 148 valence electrons. The number of fused-ring (bicyclic) bond motifs is 1. The number of nitrogens with zero attached hydrogens (tertiary/aromatic N) is 2. The predicted octanol–water partition coefficient (Wildman–Crippen LogP) is 7.10. The van der Waals surface area contributed by atoms with Gasteiger partial charge in [0.2, 0.25) is 0 Å². The van der Waals surface area contributed by atoms with Gasteiger partial charge in [0, 0.05) is 16.5 Å². The molecular weight excluding hydrogens is 423 g/mol. The number of rotatable bonds is 8. The molecule has 3 aromatic carbocycles. The Labute approximate surface area is 184 Å². The zero-order chi connectivity index (χ0) is 20.1. The molecule has 0 saturated heterocycles. The molecule has 1 heterocycles. The molecule has 0 bridgehead atoms. The number of ether oxygens (including phenoxy) is 1. The molecule has 0 saturated carbocycles. The van der Waals surface area contributed by atoms with Crippen molar-refractivity contribution in [3.63, 3.8) is 0 Å². The SMILES string of the molecule is Clc1ccc(SCc2nc3ccccc3n2CCCOc2ccccc2Cl)cc1. The summed E-state index contributed by atoms with van der Waals surface area (Å²) in [6.45, 7) is 1.43. The van der Waals surface area contributed by atoms with E-state index in [4.69, 9.17) is 32.9 Å². The monoisotopic (exact) mass is 442 g/mol. The molecule has 0 aliphatic carbocycles. The number of hydrogen-bond donors (Lipinski definition) is 0. The zero-order valence-corrected chi connectivity index (χ0v) is 18.1. The molecular formula is C23H20Cl2N2OS. The van der Waals surface area contributed by atoms with Gasteiger partial charge in [0.1, 0.15) is 11.6 Å². The van der Waals surface area contributed by atoms with E-state index in [1.54, 1.807) is 11.8 Å². The van der Waals surface area contributed by atoms with Crippen molar-refractivity contribution in [2.75, 3.05) is 6.61 Å². The largest absolute Gasteiger partial charge is 0.492 e. The van der Waals surface area contributed by atoms with Crippen LogP contribution in [0.2, 0.25) is 10.0 Å². The summed E-state index contributed by atoms with van der Waals surface area (Å²) in [4.78, 5) is 6.03. The summed E-state index contributed by atoms with van der Waals surface area (Å²) in [6.07, 6.45) is 0.865. The van der Waals surface area contributed by atoms with Crippen LogP contribution in [0.5, 0.6) is 5.75 Å². The lowest BCUT2D eigenvalue weighted by molar-refractivity contribution is 0.302. The van der Waals surface area contributed by atoms with Gasteiger partial charge < -0.3 is 9.30 Å². The molecule has 0 aliphatic heterocycles. The van der Waals surface area contributed by atoms with Crippen LogP contribution in [0.15, 0.2) is 77.7 Å². The Morgan fingerprint density at radius 2 is 1.66 bits per heavy atom. The Kier molecular flexibility index (Phi) is 6.65. The van der Waals surface area contributed by atoms with Crippen molar-refractivity contribution >= 4 is 46.0 Å². The van der Waals surface area contributed by atoms with Gasteiger partial charge in [0.05, 0.1) is 28.4 Å². The Morgan fingerprint density at radius 3 is 2.48 bits per heavy atom. The number of halogens is 2. The molecule has 0 radical (unpaired) electrons. The lowest BCUT2D eigenvalue weighted by Crippen LogP contribution is -2.07. The standard InChI is InChI=1S/C23H20Cl2N2OS/c24-17-10-12-18(13-11-17)29-16-23-26-20-7-2-3-8-21(20)27(23)14-5-15-28-22-9-4-1-6-19(22)25/h1-4,6-13H,5,14-16H2. The summed E-state index contributed by atoms with van der Waals surface area (Å²) >= 11 is 13.9. The molecule has 4 rings (SSSR count). The molecule has 6 heteroatoms. The van der Waals surface area contributed by atoms with Crippen LogP contribution >= 0.6 is 35.0 Å². The first-order valence-corrected chi connectivity index (χ1v) is 11.1. The second-order valence-electron chi connectivity index (χ2n) is 6.54. The fraction of sp³-hybridized carbons (Fsp3) is 0.174. The number of benzene rings is 3. The van der Waals surface area contributed by atoms with Crippen molar-refractivity contribution in [3.8, 4) is 5.75 Å². The van der Waals surface area contributed by atoms with Crippen molar-refractivity contribution in [2.24, 2.45) is 0 Å². The van der Waals surface area contributed by atoms with Gasteiger partial charge in [0.25, 0.3) is 0 Å². The summed E-state index contributed by atoms with van der Waals surface area (Å²) in [7, 11) is 0. The summed E-state index contributed by atoms with van der Waals surface area (Å²) in [5.74, 6) is 2.58. The van der Waals surface area contributed by atoms with Crippen LogP contribution in [-0.2, 0) is 12.3 Å². The van der Waals surface area contributed by atoms with Crippen LogP contribution in [-0.4, -0.2) is 16.2 Å². The molecule has 0 atom stereocenters. The molecule has 0 fully saturated rings. The highest BCUT2D eigenvalue weighted by Crippen LogP contribution is 2.27. The fourth-order valence-electron chi connectivity index (χ4n) is 3.13. The Hall–Kier alpha value is -2.14. The third-order valence-electron chi connectivity index (χ3n) is 4.54. The molecule has 0 N–H and O–H groups in total. The maximum atomic E-state index is 6.16. The van der Waals surface area contributed by atoms with Gasteiger partial charge in [-0.3, -0.25) is 0 Å². The molecule has 0 aliphatic rings. The van der Waals surface area contributed by atoms with E-state index in [0.29, 0.717) is 11.6 Å². The van der Waals surface area contributed by atoms with Crippen LogP contribution in [0.25, 0.3) is 11.0 Å². The van der Waals surface area contributed by atoms with E-state index >= 15 is 0 Å². The molecule has 0 spiro atoms. The van der Waals surface area contributed by atoms with E-state index in [1.165, 1.54) is 4.90 Å². The van der Waals surface area contributed by atoms with Crippen LogP contribution in [0, 0.1) is 0 Å². The molecule has 3 nitrogen and oxygen atoms in total. The lowest BCUT2D eigenvalue weighted by Gasteiger charge is -2.11. The van der Waals surface area contributed by atoms with E-state index in [-0.39, 0.29) is 0 Å². The first-order valence-electron chi connectivity index (χ1n) is 9.40. The quantitative estimate of drug-likeness (QED) is 0.215. The van der Waals surface area contributed by atoms with Gasteiger partial charge in [0.15, 0.2) is 0 Å². The maximum Gasteiger partial charge on any atom is 0.137 e. The average Bonchev–Trinajstić information content (AvgIpc) is 3.09. The summed E-state index contributed by atoms with van der Waals surface area (Å²) in [5.41, 5.74) is 2.17. The lowest BCUT2D eigenvalue weighted by atomic mass is 10.3. The first kappa shape index (κ1) is 20.1.